The summed E-state index contributed by atoms with van der Waals surface area (Å²) in [4.78, 5) is 0. The molecule has 1 aliphatic heterocycles. The first kappa shape index (κ1) is 13.5. The first-order valence-corrected chi connectivity index (χ1v) is 9.10. The van der Waals surface area contributed by atoms with Crippen molar-refractivity contribution in [2.24, 2.45) is 5.92 Å². The van der Waals surface area contributed by atoms with Crippen LogP contribution in [0.25, 0.3) is 0 Å². The minimum Gasteiger partial charge on any atom is -0.390 e. The molecule has 4 nitrogen and oxygen atoms in total. The van der Waals surface area contributed by atoms with Crippen molar-refractivity contribution in [2.45, 2.75) is 41.9 Å². The summed E-state index contributed by atoms with van der Waals surface area (Å²) in [6, 6.07) is 3.42. The summed E-state index contributed by atoms with van der Waals surface area (Å²) in [5.74, 6) is 0.102. The highest BCUT2D eigenvalue weighted by Crippen LogP contribution is 2.41. The van der Waals surface area contributed by atoms with E-state index in [1.807, 2.05) is 0 Å². The molecule has 0 radical (unpaired) electrons. The topological polar surface area (TPSA) is 57.6 Å². The Morgan fingerprint density at radius 3 is 2.95 bits per heavy atom. The van der Waals surface area contributed by atoms with Gasteiger partial charge in [-0.1, -0.05) is 18.9 Å². The highest BCUT2D eigenvalue weighted by molar-refractivity contribution is 7.91. The Balaban J connectivity index is 1.82. The molecule has 19 heavy (non-hydrogen) atoms. The molecule has 0 aromatic carbocycles. The fraction of sp³-hybridized carbons (Fsp3) is 0.692. The maximum Gasteiger partial charge on any atom is 0.252 e. The smallest absolute Gasteiger partial charge is 0.252 e. The van der Waals surface area contributed by atoms with E-state index in [0.717, 1.165) is 25.7 Å². The first-order valence-electron chi connectivity index (χ1n) is 6.78. The van der Waals surface area contributed by atoms with Crippen LogP contribution in [0, 0.1) is 5.92 Å². The zero-order valence-corrected chi connectivity index (χ0v) is 12.4. The highest BCUT2D eigenvalue weighted by Gasteiger charge is 2.45. The lowest BCUT2D eigenvalue weighted by Gasteiger charge is -2.46. The second-order valence-electron chi connectivity index (χ2n) is 5.59. The Labute approximate surface area is 118 Å². The van der Waals surface area contributed by atoms with Crippen molar-refractivity contribution in [1.29, 1.82) is 0 Å². The van der Waals surface area contributed by atoms with E-state index < -0.39 is 15.6 Å². The number of sulfonamides is 1. The van der Waals surface area contributed by atoms with Gasteiger partial charge in [0.25, 0.3) is 10.0 Å². The van der Waals surface area contributed by atoms with E-state index in [2.05, 4.69) is 0 Å². The summed E-state index contributed by atoms with van der Waals surface area (Å²) in [5, 5.41) is 12.4. The van der Waals surface area contributed by atoms with Crippen molar-refractivity contribution in [2.75, 3.05) is 13.1 Å². The van der Waals surface area contributed by atoms with Gasteiger partial charge in [-0.15, -0.1) is 11.3 Å². The van der Waals surface area contributed by atoms with Crippen LogP contribution in [-0.4, -0.2) is 36.5 Å². The highest BCUT2D eigenvalue weighted by atomic mass is 32.2. The molecule has 1 N–H and O–H groups in total. The Bertz CT molecular complexity index is 540. The molecule has 1 saturated heterocycles. The normalized spacial score (nSPS) is 33.0. The largest absolute Gasteiger partial charge is 0.390 e. The number of fused-ring (bicyclic) bond motifs is 1. The molecule has 0 spiro atoms. The van der Waals surface area contributed by atoms with Crippen LogP contribution in [0.4, 0.5) is 0 Å². The molecular weight excluding hydrogens is 282 g/mol. The molecule has 3 rings (SSSR count). The Morgan fingerprint density at radius 2 is 2.21 bits per heavy atom. The van der Waals surface area contributed by atoms with Crippen molar-refractivity contribution >= 4 is 21.4 Å². The van der Waals surface area contributed by atoms with Crippen molar-refractivity contribution < 1.29 is 13.5 Å². The molecular formula is C13H19NO3S2. The minimum absolute atomic E-state index is 0.102. The average molecular weight is 301 g/mol. The van der Waals surface area contributed by atoms with Gasteiger partial charge in [-0.2, -0.15) is 4.31 Å². The summed E-state index contributed by atoms with van der Waals surface area (Å²) in [5.41, 5.74) is -0.625. The number of hydrogen-bond donors (Lipinski definition) is 1. The predicted molar refractivity (Wildman–Crippen MR) is 74.6 cm³/mol. The van der Waals surface area contributed by atoms with Crippen molar-refractivity contribution in [1.82, 2.24) is 4.31 Å². The number of thiophene rings is 1. The zero-order valence-electron chi connectivity index (χ0n) is 10.8. The number of hydrogen-bond acceptors (Lipinski definition) is 4. The van der Waals surface area contributed by atoms with Crippen molar-refractivity contribution in [3.05, 3.63) is 17.5 Å². The number of aliphatic hydroxyl groups is 1. The monoisotopic (exact) mass is 301 g/mol. The molecule has 2 heterocycles. The van der Waals surface area contributed by atoms with Crippen LogP contribution in [0.1, 0.15) is 32.1 Å². The van der Waals surface area contributed by atoms with Crippen LogP contribution < -0.4 is 0 Å². The molecule has 0 amide bonds. The molecule has 2 aliphatic rings. The number of piperidine rings is 1. The third kappa shape index (κ3) is 2.35. The van der Waals surface area contributed by atoms with E-state index in [1.54, 1.807) is 21.8 Å². The van der Waals surface area contributed by atoms with Crippen LogP contribution in [-0.2, 0) is 10.0 Å². The maximum atomic E-state index is 12.5. The van der Waals surface area contributed by atoms with Gasteiger partial charge >= 0.3 is 0 Å². The van der Waals surface area contributed by atoms with Gasteiger partial charge in [-0.05, 0) is 30.7 Å². The van der Waals surface area contributed by atoms with Gasteiger partial charge in [-0.3, -0.25) is 0 Å². The fourth-order valence-electron chi connectivity index (χ4n) is 3.30. The lowest BCUT2D eigenvalue weighted by atomic mass is 9.72. The lowest BCUT2D eigenvalue weighted by molar-refractivity contribution is -0.0816. The molecule has 0 bridgehead atoms. The van der Waals surface area contributed by atoms with E-state index in [4.69, 9.17) is 0 Å². The second-order valence-corrected chi connectivity index (χ2v) is 8.70. The van der Waals surface area contributed by atoms with E-state index in [9.17, 15) is 13.5 Å². The molecule has 1 aromatic rings. The van der Waals surface area contributed by atoms with Gasteiger partial charge < -0.3 is 5.11 Å². The van der Waals surface area contributed by atoms with Gasteiger partial charge in [0.05, 0.1) is 5.60 Å². The van der Waals surface area contributed by atoms with Gasteiger partial charge in [0.1, 0.15) is 4.21 Å². The standard InChI is InChI=1S/C13H19NO3S2/c15-13-6-2-1-4-11(13)10-14(8-7-13)19(16,17)12-5-3-9-18-12/h3,5,9,11,15H,1-2,4,6-8,10H2. The Kier molecular flexibility index (Phi) is 3.45. The van der Waals surface area contributed by atoms with E-state index in [0.29, 0.717) is 23.7 Å². The Morgan fingerprint density at radius 1 is 1.37 bits per heavy atom. The van der Waals surface area contributed by atoms with Gasteiger partial charge in [0.15, 0.2) is 0 Å². The summed E-state index contributed by atoms with van der Waals surface area (Å²) in [6.07, 6.45) is 4.49. The summed E-state index contributed by atoms with van der Waals surface area (Å²) < 4.78 is 26.9. The van der Waals surface area contributed by atoms with Crippen LogP contribution in [0.3, 0.4) is 0 Å². The molecule has 1 aromatic heterocycles. The Hall–Kier alpha value is -0.430. The summed E-state index contributed by atoms with van der Waals surface area (Å²) in [6.45, 7) is 0.907. The number of nitrogens with zero attached hydrogens (tertiary/aromatic N) is 1. The number of rotatable bonds is 2. The van der Waals surface area contributed by atoms with Crippen LogP contribution in [0.5, 0.6) is 0 Å². The summed E-state index contributed by atoms with van der Waals surface area (Å²) >= 11 is 1.26. The third-order valence-electron chi connectivity index (χ3n) is 4.48. The van der Waals surface area contributed by atoms with E-state index >= 15 is 0 Å². The third-order valence-corrected chi connectivity index (χ3v) is 7.72. The fourth-order valence-corrected chi connectivity index (χ4v) is 5.93. The molecule has 6 heteroatoms. The molecule has 2 unspecified atom stereocenters. The predicted octanol–water partition coefficient (Wildman–Crippen LogP) is 2.06. The van der Waals surface area contributed by atoms with Crippen LogP contribution >= 0.6 is 11.3 Å². The van der Waals surface area contributed by atoms with Crippen LogP contribution in [0.2, 0.25) is 0 Å². The van der Waals surface area contributed by atoms with Crippen molar-refractivity contribution in [3.8, 4) is 0 Å². The average Bonchev–Trinajstić information content (AvgIpc) is 2.92. The minimum atomic E-state index is -3.36. The van der Waals surface area contributed by atoms with Gasteiger partial charge in [0.2, 0.25) is 0 Å². The molecule has 2 fully saturated rings. The summed E-state index contributed by atoms with van der Waals surface area (Å²) in [7, 11) is -3.36. The van der Waals surface area contributed by atoms with Gasteiger partial charge in [-0.25, -0.2) is 8.42 Å². The zero-order chi connectivity index (χ0) is 13.5. The second kappa shape index (κ2) is 4.84. The van der Waals surface area contributed by atoms with Crippen molar-refractivity contribution in [3.63, 3.8) is 0 Å². The first-order chi connectivity index (χ1) is 9.02. The van der Waals surface area contributed by atoms with E-state index in [1.165, 1.54) is 11.3 Å². The molecule has 2 atom stereocenters. The molecule has 106 valence electrons. The maximum absolute atomic E-state index is 12.5. The quantitative estimate of drug-likeness (QED) is 0.909. The van der Waals surface area contributed by atoms with Gasteiger partial charge in [0, 0.05) is 19.0 Å². The molecule has 1 aliphatic carbocycles. The van der Waals surface area contributed by atoms with Crippen LogP contribution in [0.15, 0.2) is 21.7 Å². The molecule has 1 saturated carbocycles. The lowest BCUT2D eigenvalue weighted by Crippen LogP contribution is -2.54. The SMILES string of the molecule is O=S(=O)(c1cccs1)N1CCC2(O)CCCCC2C1. The van der Waals surface area contributed by atoms with E-state index in [-0.39, 0.29) is 5.92 Å².